The number of amides is 1. The van der Waals surface area contributed by atoms with Crippen LogP contribution in [-0.2, 0) is 4.74 Å². The zero-order chi connectivity index (χ0) is 16.9. The molecule has 1 aliphatic heterocycles. The molecular weight excluding hydrogens is 288 g/mol. The van der Waals surface area contributed by atoms with Crippen molar-refractivity contribution in [3.8, 4) is 0 Å². The lowest BCUT2D eigenvalue weighted by atomic mass is 10.0. The van der Waals surface area contributed by atoms with Gasteiger partial charge in [0.25, 0.3) is 0 Å². The molecule has 1 N–H and O–H groups in total. The van der Waals surface area contributed by atoms with Gasteiger partial charge in [-0.3, -0.25) is 0 Å². The van der Waals surface area contributed by atoms with E-state index >= 15 is 0 Å². The third-order valence-corrected chi connectivity index (χ3v) is 5.11. The summed E-state index contributed by atoms with van der Waals surface area (Å²) >= 11 is 0. The molecule has 4 nitrogen and oxygen atoms in total. The van der Waals surface area contributed by atoms with Crippen LogP contribution in [0.4, 0.5) is 4.79 Å². The lowest BCUT2D eigenvalue weighted by Crippen LogP contribution is -2.40. The molecule has 1 amide bonds. The molecule has 3 unspecified atom stereocenters. The predicted molar refractivity (Wildman–Crippen MR) is 94.6 cm³/mol. The standard InChI is InChI=1S/C19H36N2O2/c1-15-7-5-8-16(11-10-15)20-17-9-6-13-21(14-12-17)18(22)23-19(2,3)4/h15-17,20H,5-14H2,1-4H3. The Morgan fingerprint density at radius 3 is 2.39 bits per heavy atom. The van der Waals surface area contributed by atoms with Gasteiger partial charge in [0.2, 0.25) is 0 Å². The molecule has 0 aromatic heterocycles. The maximum atomic E-state index is 12.2. The van der Waals surface area contributed by atoms with E-state index in [0.29, 0.717) is 12.1 Å². The first kappa shape index (κ1) is 18.6. The minimum absolute atomic E-state index is 0.151. The fourth-order valence-corrected chi connectivity index (χ4v) is 3.76. The average Bonchev–Trinajstić information content (AvgIpc) is 2.78. The van der Waals surface area contributed by atoms with E-state index in [1.165, 1.54) is 38.5 Å². The smallest absolute Gasteiger partial charge is 0.410 e. The molecule has 2 rings (SSSR count). The molecule has 0 bridgehead atoms. The Hall–Kier alpha value is -0.770. The number of hydrogen-bond donors (Lipinski definition) is 1. The SMILES string of the molecule is CC1CCCC(NC2CCCN(C(=O)OC(C)(C)C)CC2)CC1. The summed E-state index contributed by atoms with van der Waals surface area (Å²) in [7, 11) is 0. The summed E-state index contributed by atoms with van der Waals surface area (Å²) in [4.78, 5) is 14.1. The van der Waals surface area contributed by atoms with Crippen molar-refractivity contribution >= 4 is 6.09 Å². The van der Waals surface area contributed by atoms with Crippen molar-refractivity contribution in [1.29, 1.82) is 0 Å². The van der Waals surface area contributed by atoms with Crippen LogP contribution >= 0.6 is 0 Å². The van der Waals surface area contributed by atoms with E-state index in [9.17, 15) is 4.79 Å². The molecule has 1 saturated carbocycles. The summed E-state index contributed by atoms with van der Waals surface area (Å²) in [6, 6.07) is 1.24. The van der Waals surface area contributed by atoms with Gasteiger partial charge in [0.1, 0.15) is 5.60 Å². The first-order valence-corrected chi connectivity index (χ1v) is 9.57. The maximum absolute atomic E-state index is 12.2. The van der Waals surface area contributed by atoms with Crippen LogP contribution in [0.15, 0.2) is 0 Å². The van der Waals surface area contributed by atoms with Gasteiger partial charge in [0.05, 0.1) is 0 Å². The van der Waals surface area contributed by atoms with E-state index in [1.54, 1.807) is 0 Å². The second-order valence-corrected chi connectivity index (χ2v) is 8.57. The number of carbonyl (C=O) groups excluding carboxylic acids is 1. The number of rotatable bonds is 2. The normalized spacial score (nSPS) is 30.4. The Labute approximate surface area is 142 Å². The summed E-state index contributed by atoms with van der Waals surface area (Å²) in [6.45, 7) is 9.82. The van der Waals surface area contributed by atoms with Gasteiger partial charge in [0, 0.05) is 25.2 Å². The Morgan fingerprint density at radius 2 is 1.65 bits per heavy atom. The topological polar surface area (TPSA) is 41.6 Å². The lowest BCUT2D eigenvalue weighted by Gasteiger charge is -2.27. The summed E-state index contributed by atoms with van der Waals surface area (Å²) in [5.74, 6) is 0.888. The number of likely N-dealkylation sites (tertiary alicyclic amines) is 1. The molecule has 1 heterocycles. The zero-order valence-electron chi connectivity index (χ0n) is 15.6. The van der Waals surface area contributed by atoms with E-state index in [0.717, 1.165) is 31.8 Å². The number of nitrogens with zero attached hydrogens (tertiary/aromatic N) is 1. The summed E-state index contributed by atoms with van der Waals surface area (Å²) < 4.78 is 5.51. The minimum Gasteiger partial charge on any atom is -0.444 e. The second kappa shape index (κ2) is 8.36. The molecule has 4 heteroatoms. The van der Waals surface area contributed by atoms with Crippen molar-refractivity contribution in [3.05, 3.63) is 0 Å². The largest absolute Gasteiger partial charge is 0.444 e. The van der Waals surface area contributed by atoms with E-state index in [-0.39, 0.29) is 6.09 Å². The molecule has 2 aliphatic rings. The van der Waals surface area contributed by atoms with Crippen LogP contribution in [0.1, 0.15) is 79.1 Å². The third kappa shape index (κ3) is 6.70. The van der Waals surface area contributed by atoms with Crippen LogP contribution in [0, 0.1) is 5.92 Å². The Balaban J connectivity index is 1.78. The lowest BCUT2D eigenvalue weighted by molar-refractivity contribution is 0.0256. The van der Waals surface area contributed by atoms with Gasteiger partial charge in [-0.1, -0.05) is 19.8 Å². The van der Waals surface area contributed by atoms with E-state index < -0.39 is 5.60 Å². The fourth-order valence-electron chi connectivity index (χ4n) is 3.76. The summed E-state index contributed by atoms with van der Waals surface area (Å²) in [5, 5.41) is 3.89. The highest BCUT2D eigenvalue weighted by atomic mass is 16.6. The number of carbonyl (C=O) groups is 1. The van der Waals surface area contributed by atoms with Gasteiger partial charge in [0.15, 0.2) is 0 Å². The van der Waals surface area contributed by atoms with Gasteiger partial charge in [-0.05, 0) is 65.2 Å². The quantitative estimate of drug-likeness (QED) is 0.769. The van der Waals surface area contributed by atoms with E-state index in [4.69, 9.17) is 4.74 Å². The third-order valence-electron chi connectivity index (χ3n) is 5.11. The van der Waals surface area contributed by atoms with Crippen LogP contribution in [0.2, 0.25) is 0 Å². The van der Waals surface area contributed by atoms with Gasteiger partial charge < -0.3 is 15.0 Å². The molecule has 134 valence electrons. The van der Waals surface area contributed by atoms with Crippen LogP contribution in [0.25, 0.3) is 0 Å². The zero-order valence-corrected chi connectivity index (χ0v) is 15.6. The molecule has 23 heavy (non-hydrogen) atoms. The molecule has 0 aromatic rings. The van der Waals surface area contributed by atoms with Gasteiger partial charge in [-0.25, -0.2) is 4.79 Å². The summed E-state index contributed by atoms with van der Waals surface area (Å²) in [6.07, 6.45) is 9.86. The Bertz CT molecular complexity index is 378. The van der Waals surface area contributed by atoms with Gasteiger partial charge in [-0.2, -0.15) is 0 Å². The molecule has 2 fully saturated rings. The van der Waals surface area contributed by atoms with E-state index in [2.05, 4.69) is 12.2 Å². The molecule has 1 aliphatic carbocycles. The van der Waals surface area contributed by atoms with Crippen molar-refractivity contribution in [1.82, 2.24) is 10.2 Å². The number of nitrogens with one attached hydrogen (secondary N) is 1. The van der Waals surface area contributed by atoms with E-state index in [1.807, 2.05) is 25.7 Å². The van der Waals surface area contributed by atoms with Gasteiger partial charge in [-0.15, -0.1) is 0 Å². The highest BCUT2D eigenvalue weighted by Gasteiger charge is 2.26. The maximum Gasteiger partial charge on any atom is 0.410 e. The van der Waals surface area contributed by atoms with Crippen molar-refractivity contribution in [2.75, 3.05) is 13.1 Å². The Morgan fingerprint density at radius 1 is 0.957 bits per heavy atom. The van der Waals surface area contributed by atoms with Crippen LogP contribution < -0.4 is 5.32 Å². The highest BCUT2D eigenvalue weighted by Crippen LogP contribution is 2.24. The second-order valence-electron chi connectivity index (χ2n) is 8.57. The van der Waals surface area contributed by atoms with Crippen molar-refractivity contribution in [2.24, 2.45) is 5.92 Å². The first-order valence-electron chi connectivity index (χ1n) is 9.57. The molecule has 0 radical (unpaired) electrons. The summed E-state index contributed by atoms with van der Waals surface area (Å²) in [5.41, 5.74) is -0.405. The highest BCUT2D eigenvalue weighted by molar-refractivity contribution is 5.68. The first-order chi connectivity index (χ1) is 10.8. The predicted octanol–water partition coefficient (Wildman–Crippen LogP) is 4.33. The molecule has 0 spiro atoms. The number of ether oxygens (including phenoxy) is 1. The number of hydrogen-bond acceptors (Lipinski definition) is 3. The molecule has 1 saturated heterocycles. The molecular formula is C19H36N2O2. The van der Waals surface area contributed by atoms with Crippen LogP contribution in [0.5, 0.6) is 0 Å². The fraction of sp³-hybridized carbons (Fsp3) is 0.947. The van der Waals surface area contributed by atoms with Crippen molar-refractivity contribution in [3.63, 3.8) is 0 Å². The Kier molecular flexibility index (Phi) is 6.75. The average molecular weight is 325 g/mol. The molecule has 0 aromatic carbocycles. The van der Waals surface area contributed by atoms with Gasteiger partial charge >= 0.3 is 6.09 Å². The van der Waals surface area contributed by atoms with Crippen molar-refractivity contribution < 1.29 is 9.53 Å². The molecule has 3 atom stereocenters. The van der Waals surface area contributed by atoms with Crippen LogP contribution in [-0.4, -0.2) is 41.8 Å². The minimum atomic E-state index is -0.405. The van der Waals surface area contributed by atoms with Crippen LogP contribution in [0.3, 0.4) is 0 Å². The van der Waals surface area contributed by atoms with Crippen molar-refractivity contribution in [2.45, 2.75) is 96.7 Å². The monoisotopic (exact) mass is 324 g/mol.